The minimum Gasteiger partial charge on any atom is -0.315 e. The van der Waals surface area contributed by atoms with Crippen molar-refractivity contribution in [3.8, 4) is 6.07 Å². The fourth-order valence-corrected chi connectivity index (χ4v) is 2.68. The average Bonchev–Trinajstić information content (AvgIpc) is 2.93. The molecule has 1 aliphatic carbocycles. The van der Waals surface area contributed by atoms with Gasteiger partial charge in [0.2, 0.25) is 5.91 Å². The summed E-state index contributed by atoms with van der Waals surface area (Å²) in [5, 5.41) is 9.06. The maximum absolute atomic E-state index is 11.6. The Balaban J connectivity index is 1.95. The minimum atomic E-state index is -0.192. The van der Waals surface area contributed by atoms with Gasteiger partial charge in [-0.15, -0.1) is 0 Å². The molecule has 1 saturated carbocycles. The first kappa shape index (κ1) is 10.3. The van der Waals surface area contributed by atoms with Crippen LogP contribution in [0.4, 0.5) is 5.69 Å². The SMILES string of the molecule is CN1C(=O)Cc2cc(C3CC3(C)C#N)ccc21. The third-order valence-corrected chi connectivity index (χ3v) is 4.08. The molecule has 0 radical (unpaired) electrons. The zero-order valence-electron chi connectivity index (χ0n) is 10.0. The van der Waals surface area contributed by atoms with Crippen molar-refractivity contribution in [2.24, 2.45) is 5.41 Å². The molecule has 1 fully saturated rings. The first-order valence-electron chi connectivity index (χ1n) is 5.86. The van der Waals surface area contributed by atoms with Crippen LogP contribution < -0.4 is 4.90 Å². The summed E-state index contributed by atoms with van der Waals surface area (Å²) in [7, 11) is 1.81. The Morgan fingerprint density at radius 2 is 2.29 bits per heavy atom. The minimum absolute atomic E-state index is 0.149. The lowest BCUT2D eigenvalue weighted by molar-refractivity contribution is -0.117. The number of likely N-dealkylation sites (N-methyl/N-ethyl adjacent to an activating group) is 1. The molecule has 2 aliphatic rings. The Kier molecular flexibility index (Phi) is 1.89. The molecule has 1 amide bonds. The number of hydrogen-bond donors (Lipinski definition) is 0. The third-order valence-electron chi connectivity index (χ3n) is 4.08. The summed E-state index contributed by atoms with van der Waals surface area (Å²) in [5.41, 5.74) is 3.12. The van der Waals surface area contributed by atoms with E-state index in [4.69, 9.17) is 5.26 Å². The van der Waals surface area contributed by atoms with Crippen LogP contribution in [0.2, 0.25) is 0 Å². The first-order valence-corrected chi connectivity index (χ1v) is 5.86. The van der Waals surface area contributed by atoms with Gasteiger partial charge < -0.3 is 4.90 Å². The number of benzene rings is 1. The lowest BCUT2D eigenvalue weighted by Crippen LogP contribution is -2.20. The highest BCUT2D eigenvalue weighted by atomic mass is 16.2. The zero-order chi connectivity index (χ0) is 12.2. The van der Waals surface area contributed by atoms with Crippen molar-refractivity contribution in [3.63, 3.8) is 0 Å². The van der Waals surface area contributed by atoms with Gasteiger partial charge in [0.15, 0.2) is 0 Å². The lowest BCUT2D eigenvalue weighted by Gasteiger charge is -2.10. The molecule has 0 saturated heterocycles. The summed E-state index contributed by atoms with van der Waals surface area (Å²) in [4.78, 5) is 13.3. The lowest BCUT2D eigenvalue weighted by atomic mass is 10.00. The van der Waals surface area contributed by atoms with E-state index >= 15 is 0 Å². The number of fused-ring (bicyclic) bond motifs is 1. The van der Waals surface area contributed by atoms with Gasteiger partial charge in [0, 0.05) is 18.7 Å². The Bertz CT molecular complexity index is 558. The van der Waals surface area contributed by atoms with Crippen molar-refractivity contribution in [1.29, 1.82) is 5.26 Å². The van der Waals surface area contributed by atoms with Gasteiger partial charge in [0.1, 0.15) is 0 Å². The van der Waals surface area contributed by atoms with Crippen molar-refractivity contribution < 1.29 is 4.79 Å². The normalized spacial score (nSPS) is 30.1. The maximum Gasteiger partial charge on any atom is 0.231 e. The van der Waals surface area contributed by atoms with Crippen LogP contribution in [0.3, 0.4) is 0 Å². The van der Waals surface area contributed by atoms with Gasteiger partial charge in [-0.1, -0.05) is 12.1 Å². The first-order chi connectivity index (χ1) is 8.05. The van der Waals surface area contributed by atoms with Crippen molar-refractivity contribution in [2.75, 3.05) is 11.9 Å². The largest absolute Gasteiger partial charge is 0.315 e. The van der Waals surface area contributed by atoms with Gasteiger partial charge in [-0.05, 0) is 30.5 Å². The van der Waals surface area contributed by atoms with E-state index in [-0.39, 0.29) is 11.3 Å². The van der Waals surface area contributed by atoms with Crippen LogP contribution in [-0.4, -0.2) is 13.0 Å². The molecule has 17 heavy (non-hydrogen) atoms. The van der Waals surface area contributed by atoms with Crippen molar-refractivity contribution in [2.45, 2.75) is 25.7 Å². The number of hydrogen-bond acceptors (Lipinski definition) is 2. The van der Waals surface area contributed by atoms with E-state index in [1.807, 2.05) is 20.0 Å². The number of amides is 1. The average molecular weight is 226 g/mol. The standard InChI is InChI=1S/C14H14N2O/c1-14(8-15)7-11(14)9-3-4-12-10(5-9)6-13(17)16(12)2/h3-5,11H,6-7H2,1-2H3. The molecule has 0 bridgehead atoms. The van der Waals surface area contributed by atoms with Gasteiger partial charge >= 0.3 is 0 Å². The van der Waals surface area contributed by atoms with Crippen LogP contribution in [0.15, 0.2) is 18.2 Å². The molecule has 86 valence electrons. The Morgan fingerprint density at radius 1 is 1.53 bits per heavy atom. The van der Waals surface area contributed by atoms with Crippen LogP contribution in [0.1, 0.15) is 30.4 Å². The maximum atomic E-state index is 11.6. The van der Waals surface area contributed by atoms with Crippen LogP contribution in [0.5, 0.6) is 0 Å². The van der Waals surface area contributed by atoms with E-state index in [1.54, 1.807) is 4.90 Å². The monoisotopic (exact) mass is 226 g/mol. The van der Waals surface area contributed by atoms with Gasteiger partial charge in [-0.2, -0.15) is 5.26 Å². The molecule has 0 aromatic heterocycles. The van der Waals surface area contributed by atoms with Crippen LogP contribution in [-0.2, 0) is 11.2 Å². The summed E-state index contributed by atoms with van der Waals surface area (Å²) in [5.74, 6) is 0.495. The quantitative estimate of drug-likeness (QED) is 0.737. The predicted octanol–water partition coefficient (Wildman–Crippen LogP) is 2.22. The zero-order valence-corrected chi connectivity index (χ0v) is 10.0. The van der Waals surface area contributed by atoms with Crippen LogP contribution >= 0.6 is 0 Å². The highest BCUT2D eigenvalue weighted by Gasteiger charge is 2.51. The molecule has 1 aromatic rings. The van der Waals surface area contributed by atoms with Gasteiger partial charge in [-0.3, -0.25) is 4.79 Å². The van der Waals surface area contributed by atoms with Crippen LogP contribution in [0, 0.1) is 16.7 Å². The van der Waals surface area contributed by atoms with Gasteiger partial charge in [0.25, 0.3) is 0 Å². The molecule has 2 atom stereocenters. The summed E-state index contributed by atoms with van der Waals surface area (Å²) >= 11 is 0. The highest BCUT2D eigenvalue weighted by molar-refractivity contribution is 6.00. The van der Waals surface area contributed by atoms with E-state index in [0.29, 0.717) is 12.3 Å². The molecule has 3 rings (SSSR count). The number of anilines is 1. The van der Waals surface area contributed by atoms with Gasteiger partial charge in [-0.25, -0.2) is 0 Å². The predicted molar refractivity (Wildman–Crippen MR) is 64.6 cm³/mol. The number of rotatable bonds is 1. The van der Waals surface area contributed by atoms with E-state index in [9.17, 15) is 4.79 Å². The van der Waals surface area contributed by atoms with Crippen molar-refractivity contribution >= 4 is 11.6 Å². The molecule has 1 aliphatic heterocycles. The molecular formula is C14H14N2O. The summed E-state index contributed by atoms with van der Waals surface area (Å²) in [6, 6.07) is 8.54. The van der Waals surface area contributed by atoms with E-state index in [1.165, 1.54) is 5.56 Å². The molecule has 3 nitrogen and oxygen atoms in total. The number of carbonyl (C=O) groups excluding carboxylic acids is 1. The second-order valence-electron chi connectivity index (χ2n) is 5.30. The molecule has 1 aromatic carbocycles. The number of nitriles is 1. The van der Waals surface area contributed by atoms with Crippen molar-refractivity contribution in [1.82, 2.24) is 0 Å². The summed E-state index contributed by atoms with van der Waals surface area (Å²) in [6.07, 6.45) is 1.43. The summed E-state index contributed by atoms with van der Waals surface area (Å²) < 4.78 is 0. The fraction of sp³-hybridized carbons (Fsp3) is 0.429. The van der Waals surface area contributed by atoms with Crippen LogP contribution in [0.25, 0.3) is 0 Å². The third kappa shape index (κ3) is 1.37. The molecular weight excluding hydrogens is 212 g/mol. The second kappa shape index (κ2) is 3.10. The number of nitrogens with zero attached hydrogens (tertiary/aromatic N) is 2. The summed E-state index contributed by atoms with van der Waals surface area (Å²) in [6.45, 7) is 2.00. The Morgan fingerprint density at radius 3 is 2.94 bits per heavy atom. The smallest absolute Gasteiger partial charge is 0.231 e. The fourth-order valence-electron chi connectivity index (χ4n) is 2.68. The van der Waals surface area contributed by atoms with Gasteiger partial charge in [0.05, 0.1) is 17.9 Å². The second-order valence-corrected chi connectivity index (χ2v) is 5.30. The Hall–Kier alpha value is -1.82. The Labute approximate surface area is 101 Å². The van der Waals surface area contributed by atoms with E-state index < -0.39 is 0 Å². The van der Waals surface area contributed by atoms with Crippen molar-refractivity contribution in [3.05, 3.63) is 29.3 Å². The molecule has 2 unspecified atom stereocenters. The molecule has 0 N–H and O–H groups in total. The number of carbonyl (C=O) groups is 1. The molecule has 3 heteroatoms. The molecule has 0 spiro atoms. The van der Waals surface area contributed by atoms with E-state index in [0.717, 1.165) is 17.7 Å². The van der Waals surface area contributed by atoms with E-state index in [2.05, 4.69) is 18.2 Å². The highest BCUT2D eigenvalue weighted by Crippen LogP contribution is 2.58. The molecule has 1 heterocycles. The topological polar surface area (TPSA) is 44.1 Å².